The third-order valence-corrected chi connectivity index (χ3v) is 4.38. The van der Waals surface area contributed by atoms with Gasteiger partial charge in [-0.1, -0.05) is 24.3 Å². The minimum Gasteiger partial charge on any atom is -0.496 e. The van der Waals surface area contributed by atoms with E-state index in [9.17, 15) is 10.1 Å². The Morgan fingerprint density at radius 2 is 1.83 bits per heavy atom. The molecule has 0 saturated heterocycles. The summed E-state index contributed by atoms with van der Waals surface area (Å²) >= 11 is 0. The van der Waals surface area contributed by atoms with Crippen LogP contribution in [0, 0.1) is 24.0 Å². The Kier molecular flexibility index (Phi) is 5.57. The van der Waals surface area contributed by atoms with Gasteiger partial charge in [0.25, 0.3) is 5.69 Å². The summed E-state index contributed by atoms with van der Waals surface area (Å²) in [5.74, 6) is 0.924. The van der Waals surface area contributed by atoms with Crippen LogP contribution in [0.3, 0.4) is 0 Å². The fraction of sp³-hybridized carbons (Fsp3) is 0.368. The molecule has 1 unspecified atom stereocenters. The quantitative estimate of drug-likeness (QED) is 0.582. The zero-order valence-electron chi connectivity index (χ0n) is 14.9. The number of aryl methyl sites for hydroxylation is 2. The highest BCUT2D eigenvalue weighted by atomic mass is 16.6. The third kappa shape index (κ3) is 3.92. The van der Waals surface area contributed by atoms with Gasteiger partial charge in [-0.15, -0.1) is 0 Å². The average molecular weight is 328 g/mol. The Hall–Kier alpha value is -2.40. The SMILES string of the molecule is COc1c(C)cc(CN(C)C(C)c2cccc([N+](=O)[O-])c2)cc1C. The molecule has 2 rings (SSSR count). The summed E-state index contributed by atoms with van der Waals surface area (Å²) in [5, 5.41) is 11.0. The predicted octanol–water partition coefficient (Wildman–Crippen LogP) is 4.41. The fourth-order valence-electron chi connectivity index (χ4n) is 3.03. The maximum atomic E-state index is 11.0. The van der Waals surface area contributed by atoms with Gasteiger partial charge in [0, 0.05) is 24.7 Å². The third-order valence-electron chi connectivity index (χ3n) is 4.38. The number of rotatable bonds is 6. The maximum absolute atomic E-state index is 11.0. The smallest absolute Gasteiger partial charge is 0.269 e. The number of nitro groups is 1. The van der Waals surface area contributed by atoms with Gasteiger partial charge in [-0.3, -0.25) is 15.0 Å². The van der Waals surface area contributed by atoms with Crippen LogP contribution in [-0.2, 0) is 6.54 Å². The van der Waals surface area contributed by atoms with Gasteiger partial charge in [-0.05, 0) is 50.1 Å². The molecule has 0 saturated carbocycles. The first-order chi connectivity index (χ1) is 11.3. The second-order valence-electron chi connectivity index (χ2n) is 6.21. The fourth-order valence-corrected chi connectivity index (χ4v) is 3.03. The van der Waals surface area contributed by atoms with Crippen molar-refractivity contribution in [2.45, 2.75) is 33.4 Å². The minimum atomic E-state index is -0.355. The summed E-state index contributed by atoms with van der Waals surface area (Å²) in [6, 6.07) is 11.2. The van der Waals surface area contributed by atoms with Crippen LogP contribution in [0.25, 0.3) is 0 Å². The Labute approximate surface area is 143 Å². The zero-order valence-corrected chi connectivity index (χ0v) is 14.9. The topological polar surface area (TPSA) is 55.6 Å². The number of nitro benzene ring substituents is 1. The van der Waals surface area contributed by atoms with Crippen LogP contribution in [0.5, 0.6) is 5.75 Å². The lowest BCUT2D eigenvalue weighted by molar-refractivity contribution is -0.384. The molecule has 0 aliphatic carbocycles. The van der Waals surface area contributed by atoms with Crippen molar-refractivity contribution >= 4 is 5.69 Å². The second kappa shape index (κ2) is 7.45. The molecule has 5 nitrogen and oxygen atoms in total. The summed E-state index contributed by atoms with van der Waals surface area (Å²) in [4.78, 5) is 12.8. The standard InChI is InChI=1S/C19H24N2O3/c1-13-9-16(10-14(2)19(13)24-5)12-20(4)15(3)17-7-6-8-18(11-17)21(22)23/h6-11,15H,12H2,1-5H3. The number of methoxy groups -OCH3 is 1. The molecular weight excluding hydrogens is 304 g/mol. The number of hydrogen-bond donors (Lipinski definition) is 0. The predicted molar refractivity (Wildman–Crippen MR) is 95.4 cm³/mol. The van der Waals surface area contributed by atoms with E-state index in [0.29, 0.717) is 0 Å². The van der Waals surface area contributed by atoms with Crippen LogP contribution in [0.1, 0.15) is 35.2 Å². The molecule has 5 heteroatoms. The lowest BCUT2D eigenvalue weighted by atomic mass is 10.0. The molecule has 0 aromatic heterocycles. The van der Waals surface area contributed by atoms with Gasteiger partial charge in [-0.2, -0.15) is 0 Å². The van der Waals surface area contributed by atoms with E-state index in [1.54, 1.807) is 19.2 Å². The molecule has 0 N–H and O–H groups in total. The largest absolute Gasteiger partial charge is 0.496 e. The van der Waals surface area contributed by atoms with E-state index < -0.39 is 0 Å². The maximum Gasteiger partial charge on any atom is 0.269 e. The monoisotopic (exact) mass is 328 g/mol. The molecule has 0 heterocycles. The van der Waals surface area contributed by atoms with Gasteiger partial charge >= 0.3 is 0 Å². The lowest BCUT2D eigenvalue weighted by Crippen LogP contribution is -2.22. The number of ether oxygens (including phenoxy) is 1. The Bertz CT molecular complexity index is 720. The number of non-ortho nitro benzene ring substituents is 1. The summed E-state index contributed by atoms with van der Waals surface area (Å²) < 4.78 is 5.41. The molecule has 2 aromatic carbocycles. The molecule has 0 aliphatic heterocycles. The molecular formula is C19H24N2O3. The molecule has 0 spiro atoms. The van der Waals surface area contributed by atoms with Crippen molar-refractivity contribution in [2.75, 3.05) is 14.2 Å². The second-order valence-corrected chi connectivity index (χ2v) is 6.21. The van der Waals surface area contributed by atoms with E-state index in [1.165, 1.54) is 11.6 Å². The van der Waals surface area contributed by atoms with Crippen LogP contribution >= 0.6 is 0 Å². The molecule has 1 atom stereocenters. The van der Waals surface area contributed by atoms with Gasteiger partial charge in [0.05, 0.1) is 12.0 Å². The van der Waals surface area contributed by atoms with Gasteiger partial charge < -0.3 is 4.74 Å². The van der Waals surface area contributed by atoms with Crippen molar-refractivity contribution in [1.82, 2.24) is 4.90 Å². The van der Waals surface area contributed by atoms with Crippen LogP contribution in [-0.4, -0.2) is 24.0 Å². The first-order valence-corrected chi connectivity index (χ1v) is 7.92. The number of nitrogens with zero attached hydrogens (tertiary/aromatic N) is 2. The van der Waals surface area contributed by atoms with Crippen LogP contribution < -0.4 is 4.74 Å². The van der Waals surface area contributed by atoms with Crippen LogP contribution in [0.15, 0.2) is 36.4 Å². The molecule has 0 radical (unpaired) electrons. The first-order valence-electron chi connectivity index (χ1n) is 7.92. The molecule has 0 aliphatic rings. The number of benzene rings is 2. The zero-order chi connectivity index (χ0) is 17.9. The Morgan fingerprint density at radius 3 is 2.38 bits per heavy atom. The van der Waals surface area contributed by atoms with E-state index in [2.05, 4.69) is 24.0 Å². The highest BCUT2D eigenvalue weighted by Crippen LogP contribution is 2.27. The van der Waals surface area contributed by atoms with Crippen molar-refractivity contribution < 1.29 is 9.66 Å². The van der Waals surface area contributed by atoms with Crippen LogP contribution in [0.2, 0.25) is 0 Å². The molecule has 24 heavy (non-hydrogen) atoms. The van der Waals surface area contributed by atoms with Crippen molar-refractivity contribution in [1.29, 1.82) is 0 Å². The normalized spacial score (nSPS) is 12.2. The number of hydrogen-bond acceptors (Lipinski definition) is 4. The van der Waals surface area contributed by atoms with E-state index in [-0.39, 0.29) is 16.7 Å². The molecule has 0 fully saturated rings. The summed E-state index contributed by atoms with van der Waals surface area (Å²) in [7, 11) is 3.71. The molecule has 128 valence electrons. The van der Waals surface area contributed by atoms with Gasteiger partial charge in [-0.25, -0.2) is 0 Å². The van der Waals surface area contributed by atoms with Gasteiger partial charge in [0.15, 0.2) is 0 Å². The Balaban J connectivity index is 2.19. The van der Waals surface area contributed by atoms with E-state index in [1.807, 2.05) is 27.0 Å². The highest BCUT2D eigenvalue weighted by Gasteiger charge is 2.16. The summed E-state index contributed by atoms with van der Waals surface area (Å²) in [6.45, 7) is 6.90. The Morgan fingerprint density at radius 1 is 1.21 bits per heavy atom. The highest BCUT2D eigenvalue weighted by molar-refractivity contribution is 5.43. The lowest BCUT2D eigenvalue weighted by Gasteiger charge is -2.25. The summed E-state index contributed by atoms with van der Waals surface area (Å²) in [5.41, 5.74) is 4.50. The van der Waals surface area contributed by atoms with Crippen molar-refractivity contribution in [3.05, 3.63) is 68.8 Å². The van der Waals surface area contributed by atoms with E-state index >= 15 is 0 Å². The summed E-state index contributed by atoms with van der Waals surface area (Å²) in [6.07, 6.45) is 0. The van der Waals surface area contributed by atoms with Crippen molar-refractivity contribution in [2.24, 2.45) is 0 Å². The van der Waals surface area contributed by atoms with Crippen molar-refractivity contribution in [3.8, 4) is 5.75 Å². The molecule has 0 bridgehead atoms. The first kappa shape index (κ1) is 17.9. The van der Waals surface area contributed by atoms with Gasteiger partial charge in [0.2, 0.25) is 0 Å². The molecule has 2 aromatic rings. The van der Waals surface area contributed by atoms with E-state index in [0.717, 1.165) is 29.0 Å². The average Bonchev–Trinajstić information content (AvgIpc) is 2.54. The van der Waals surface area contributed by atoms with Crippen molar-refractivity contribution in [3.63, 3.8) is 0 Å². The van der Waals surface area contributed by atoms with E-state index in [4.69, 9.17) is 4.74 Å². The van der Waals surface area contributed by atoms with Gasteiger partial charge in [0.1, 0.15) is 5.75 Å². The molecule has 0 amide bonds. The van der Waals surface area contributed by atoms with Crippen LogP contribution in [0.4, 0.5) is 5.69 Å². The minimum absolute atomic E-state index is 0.0765.